The van der Waals surface area contributed by atoms with Gasteiger partial charge in [0, 0.05) is 18.5 Å². The van der Waals surface area contributed by atoms with Crippen molar-refractivity contribution in [2.45, 2.75) is 51.9 Å². The quantitative estimate of drug-likeness (QED) is 0.768. The fourth-order valence-corrected chi connectivity index (χ4v) is 4.40. The Morgan fingerprint density at radius 3 is 2.00 bits per heavy atom. The van der Waals surface area contributed by atoms with E-state index in [0.29, 0.717) is 18.0 Å². The lowest BCUT2D eigenvalue weighted by Crippen LogP contribution is -2.35. The van der Waals surface area contributed by atoms with Gasteiger partial charge in [0.2, 0.25) is 10.0 Å². The van der Waals surface area contributed by atoms with Gasteiger partial charge in [-0.3, -0.25) is 0 Å². The first-order valence-electron chi connectivity index (χ1n) is 8.67. The minimum Gasteiger partial charge on any atom is -0.207 e. The molecular weight excluding hydrogens is 306 g/mol. The summed E-state index contributed by atoms with van der Waals surface area (Å²) < 4.78 is 27.1. The highest BCUT2D eigenvalue weighted by Crippen LogP contribution is 2.27. The molecule has 23 heavy (non-hydrogen) atoms. The second kappa shape index (κ2) is 9.68. The van der Waals surface area contributed by atoms with Crippen LogP contribution in [-0.4, -0.2) is 25.8 Å². The Labute approximate surface area is 141 Å². The molecule has 0 unspecified atom stereocenters. The van der Waals surface area contributed by atoms with Gasteiger partial charge in [0.15, 0.2) is 0 Å². The number of benzene rings is 2. The highest BCUT2D eigenvalue weighted by molar-refractivity contribution is 7.89. The molecule has 0 bridgehead atoms. The first-order chi connectivity index (χ1) is 11.2. The Bertz CT molecular complexity index is 684. The molecule has 1 saturated heterocycles. The lowest BCUT2D eigenvalue weighted by molar-refractivity contribution is 0.347. The van der Waals surface area contributed by atoms with Gasteiger partial charge in [-0.2, -0.15) is 4.31 Å². The highest BCUT2D eigenvalue weighted by atomic mass is 32.2. The summed E-state index contributed by atoms with van der Waals surface area (Å²) in [7, 11) is -3.36. The summed E-state index contributed by atoms with van der Waals surface area (Å²) in [6.07, 6.45) is 3.05. The molecule has 0 atom stereocenters. The van der Waals surface area contributed by atoms with Crippen molar-refractivity contribution < 1.29 is 8.42 Å². The molecule has 0 saturated carbocycles. The smallest absolute Gasteiger partial charge is 0.207 e. The van der Waals surface area contributed by atoms with Crippen LogP contribution in [0.25, 0.3) is 10.8 Å². The molecule has 0 N–H and O–H groups in total. The summed E-state index contributed by atoms with van der Waals surface area (Å²) in [4.78, 5) is 0.438. The molecule has 1 aliphatic rings. The van der Waals surface area contributed by atoms with E-state index in [1.165, 1.54) is 0 Å². The average molecular weight is 336 g/mol. The predicted octanol–water partition coefficient (Wildman–Crippen LogP) is 5.07. The second-order valence-corrected chi connectivity index (χ2v) is 6.85. The van der Waals surface area contributed by atoms with Gasteiger partial charge in [0.05, 0.1) is 4.90 Å². The molecular formula is C19H29NO2S. The van der Waals surface area contributed by atoms with Crippen LogP contribution in [-0.2, 0) is 10.0 Å². The normalized spacial score (nSPS) is 15.1. The lowest BCUT2D eigenvalue weighted by Gasteiger charge is -2.26. The van der Waals surface area contributed by atoms with Crippen molar-refractivity contribution in [3.05, 3.63) is 42.5 Å². The fourth-order valence-electron chi connectivity index (χ4n) is 2.66. The van der Waals surface area contributed by atoms with E-state index in [1.807, 2.05) is 64.1 Å². The van der Waals surface area contributed by atoms with Crippen molar-refractivity contribution in [1.29, 1.82) is 0 Å². The Hall–Kier alpha value is -1.39. The van der Waals surface area contributed by atoms with Crippen LogP contribution in [0.4, 0.5) is 0 Å². The number of hydrogen-bond donors (Lipinski definition) is 0. The van der Waals surface area contributed by atoms with E-state index in [0.717, 1.165) is 30.0 Å². The van der Waals surface area contributed by atoms with Gasteiger partial charge in [-0.05, 0) is 24.3 Å². The third-order valence-electron chi connectivity index (χ3n) is 3.68. The van der Waals surface area contributed by atoms with Gasteiger partial charge >= 0.3 is 0 Å². The van der Waals surface area contributed by atoms with Crippen LogP contribution >= 0.6 is 0 Å². The van der Waals surface area contributed by atoms with Gasteiger partial charge in [-0.1, -0.05) is 70.5 Å². The van der Waals surface area contributed by atoms with Crippen LogP contribution in [0.15, 0.2) is 47.4 Å². The van der Waals surface area contributed by atoms with Gasteiger partial charge in [0.1, 0.15) is 0 Å². The Kier molecular flexibility index (Phi) is 8.28. The van der Waals surface area contributed by atoms with Gasteiger partial charge in [-0.25, -0.2) is 8.42 Å². The summed E-state index contributed by atoms with van der Waals surface area (Å²) in [6.45, 7) is 9.29. The van der Waals surface area contributed by atoms with E-state index in [2.05, 4.69) is 0 Å². The van der Waals surface area contributed by atoms with Crippen molar-refractivity contribution in [3.8, 4) is 0 Å². The fraction of sp³-hybridized carbons (Fsp3) is 0.474. The highest BCUT2D eigenvalue weighted by Gasteiger charge is 2.27. The predicted molar refractivity (Wildman–Crippen MR) is 99.3 cm³/mol. The molecule has 2 aromatic carbocycles. The van der Waals surface area contributed by atoms with Crippen LogP contribution < -0.4 is 0 Å². The zero-order valence-corrected chi connectivity index (χ0v) is 15.6. The first kappa shape index (κ1) is 19.7. The summed E-state index contributed by atoms with van der Waals surface area (Å²) in [5.74, 6) is 0. The van der Waals surface area contributed by atoms with E-state index in [4.69, 9.17) is 0 Å². The Morgan fingerprint density at radius 2 is 1.35 bits per heavy atom. The number of nitrogens with zero attached hydrogens (tertiary/aromatic N) is 1. The molecule has 1 fully saturated rings. The summed E-state index contributed by atoms with van der Waals surface area (Å²) in [5.41, 5.74) is 0. The van der Waals surface area contributed by atoms with E-state index in [1.54, 1.807) is 10.4 Å². The molecule has 1 heterocycles. The first-order valence-corrected chi connectivity index (χ1v) is 10.1. The van der Waals surface area contributed by atoms with Crippen LogP contribution in [0.5, 0.6) is 0 Å². The number of sulfonamides is 1. The van der Waals surface area contributed by atoms with E-state index in [9.17, 15) is 8.42 Å². The molecule has 2 aromatic rings. The molecule has 3 rings (SSSR count). The van der Waals surface area contributed by atoms with E-state index >= 15 is 0 Å². The number of rotatable bonds is 2. The van der Waals surface area contributed by atoms with Gasteiger partial charge in [0.25, 0.3) is 0 Å². The summed E-state index contributed by atoms with van der Waals surface area (Å²) in [5, 5.41) is 1.79. The maximum atomic E-state index is 12.7. The molecule has 0 spiro atoms. The van der Waals surface area contributed by atoms with Crippen LogP contribution in [0, 0.1) is 0 Å². The number of piperidine rings is 1. The average Bonchev–Trinajstić information content (AvgIpc) is 2.65. The Balaban J connectivity index is 0.000000615. The lowest BCUT2D eigenvalue weighted by atomic mass is 10.1. The molecule has 3 nitrogen and oxygen atoms in total. The largest absolute Gasteiger partial charge is 0.243 e. The SMILES string of the molecule is CC.CC.O=S(=O)(c1cccc2ccccc12)N1CCCCC1. The van der Waals surface area contributed by atoms with Crippen molar-refractivity contribution in [3.63, 3.8) is 0 Å². The molecule has 0 aromatic heterocycles. The topological polar surface area (TPSA) is 37.4 Å². The van der Waals surface area contributed by atoms with Crippen molar-refractivity contribution in [2.24, 2.45) is 0 Å². The molecule has 1 aliphatic heterocycles. The maximum absolute atomic E-state index is 12.7. The maximum Gasteiger partial charge on any atom is 0.243 e. The van der Waals surface area contributed by atoms with Gasteiger partial charge in [-0.15, -0.1) is 0 Å². The van der Waals surface area contributed by atoms with Crippen LogP contribution in [0.3, 0.4) is 0 Å². The van der Waals surface area contributed by atoms with Crippen molar-refractivity contribution in [1.82, 2.24) is 4.31 Å². The second-order valence-electron chi connectivity index (χ2n) is 4.94. The summed E-state index contributed by atoms with van der Waals surface area (Å²) >= 11 is 0. The zero-order chi connectivity index (χ0) is 17.3. The van der Waals surface area contributed by atoms with Crippen molar-refractivity contribution in [2.75, 3.05) is 13.1 Å². The minimum atomic E-state index is -3.36. The van der Waals surface area contributed by atoms with E-state index in [-0.39, 0.29) is 0 Å². The number of fused-ring (bicyclic) bond motifs is 1. The molecule has 0 amide bonds. The summed E-state index contributed by atoms with van der Waals surface area (Å²) in [6, 6.07) is 13.1. The van der Waals surface area contributed by atoms with Crippen molar-refractivity contribution >= 4 is 20.8 Å². The monoisotopic (exact) mass is 335 g/mol. The van der Waals surface area contributed by atoms with Crippen LogP contribution in [0.1, 0.15) is 47.0 Å². The molecule has 4 heteroatoms. The van der Waals surface area contributed by atoms with E-state index < -0.39 is 10.0 Å². The van der Waals surface area contributed by atoms with Crippen LogP contribution in [0.2, 0.25) is 0 Å². The molecule has 128 valence electrons. The third-order valence-corrected chi connectivity index (χ3v) is 5.64. The third kappa shape index (κ3) is 4.55. The number of hydrogen-bond acceptors (Lipinski definition) is 2. The van der Waals surface area contributed by atoms with Gasteiger partial charge < -0.3 is 0 Å². The minimum absolute atomic E-state index is 0.438. The Morgan fingerprint density at radius 1 is 0.783 bits per heavy atom. The molecule has 0 radical (unpaired) electrons. The molecule has 0 aliphatic carbocycles. The zero-order valence-electron chi connectivity index (χ0n) is 14.7. The standard InChI is InChI=1S/C15H17NO2S.2C2H6/c17-19(18,16-11-4-1-5-12-16)15-10-6-8-13-7-2-3-9-14(13)15;2*1-2/h2-3,6-10H,1,4-5,11-12H2;2*1-2H3.